The fourth-order valence-corrected chi connectivity index (χ4v) is 2.55. The Kier molecular flexibility index (Phi) is 3.70. The van der Waals surface area contributed by atoms with Crippen LogP contribution in [-0.4, -0.2) is 16.1 Å². The van der Waals surface area contributed by atoms with Gasteiger partial charge < -0.3 is 5.32 Å². The van der Waals surface area contributed by atoms with Gasteiger partial charge >= 0.3 is 0 Å². The SMILES string of the molecule is O=C(Nc1ccccc1I)c1n[nH]c(=O)c2ccccc12. The standard InChI is InChI=1S/C15H10IN3O2/c16-11-7-3-4-8-12(11)17-15(21)13-9-5-1-2-6-10(9)14(20)19-18-13/h1-8H,(H,17,21)(H,19,20). The lowest BCUT2D eigenvalue weighted by molar-refractivity contribution is 0.102. The summed E-state index contributed by atoms with van der Waals surface area (Å²) in [5, 5.41) is 10.0. The summed E-state index contributed by atoms with van der Waals surface area (Å²) in [7, 11) is 0. The van der Waals surface area contributed by atoms with E-state index in [2.05, 4.69) is 38.1 Å². The number of carbonyl (C=O) groups excluding carboxylic acids is 1. The Morgan fingerprint density at radius 2 is 1.71 bits per heavy atom. The lowest BCUT2D eigenvalue weighted by Crippen LogP contribution is -2.19. The number of carbonyl (C=O) groups is 1. The van der Waals surface area contributed by atoms with Crippen LogP contribution in [0.2, 0.25) is 0 Å². The van der Waals surface area contributed by atoms with Crippen LogP contribution in [0, 0.1) is 3.57 Å². The molecule has 0 aliphatic carbocycles. The summed E-state index contributed by atoms with van der Waals surface area (Å²) in [5.41, 5.74) is 0.599. The van der Waals surface area contributed by atoms with Gasteiger partial charge in [0.05, 0.1) is 11.1 Å². The number of nitrogens with one attached hydrogen (secondary N) is 2. The van der Waals surface area contributed by atoms with Gasteiger partial charge in [-0.2, -0.15) is 5.10 Å². The minimum atomic E-state index is -0.355. The maximum atomic E-state index is 12.4. The van der Waals surface area contributed by atoms with Gasteiger partial charge in [-0.05, 0) is 40.8 Å². The first-order chi connectivity index (χ1) is 10.2. The molecule has 0 atom stereocenters. The minimum absolute atomic E-state index is 0.199. The van der Waals surface area contributed by atoms with Crippen molar-refractivity contribution in [2.24, 2.45) is 0 Å². The number of hydrogen-bond acceptors (Lipinski definition) is 3. The van der Waals surface area contributed by atoms with Gasteiger partial charge in [0.15, 0.2) is 5.69 Å². The molecule has 3 aromatic rings. The van der Waals surface area contributed by atoms with E-state index < -0.39 is 0 Å². The summed E-state index contributed by atoms with van der Waals surface area (Å²) < 4.78 is 0.928. The summed E-state index contributed by atoms with van der Waals surface area (Å²) in [6, 6.07) is 14.3. The van der Waals surface area contributed by atoms with Crippen molar-refractivity contribution in [1.29, 1.82) is 0 Å². The second-order valence-corrected chi connectivity index (χ2v) is 5.54. The molecule has 0 saturated heterocycles. The fraction of sp³-hybridized carbons (Fsp3) is 0. The molecule has 1 amide bonds. The number of hydrogen-bond donors (Lipinski definition) is 2. The number of fused-ring (bicyclic) bond motifs is 1. The van der Waals surface area contributed by atoms with Crippen LogP contribution in [0.3, 0.4) is 0 Å². The highest BCUT2D eigenvalue weighted by atomic mass is 127. The molecular formula is C15H10IN3O2. The zero-order valence-electron chi connectivity index (χ0n) is 10.8. The Bertz CT molecular complexity index is 889. The molecule has 0 spiro atoms. The van der Waals surface area contributed by atoms with Crippen molar-refractivity contribution < 1.29 is 4.79 Å². The number of benzene rings is 2. The van der Waals surface area contributed by atoms with Crippen molar-refractivity contribution in [2.45, 2.75) is 0 Å². The zero-order chi connectivity index (χ0) is 14.8. The first-order valence-corrected chi connectivity index (χ1v) is 7.28. The van der Waals surface area contributed by atoms with Crippen molar-refractivity contribution >= 4 is 45.0 Å². The largest absolute Gasteiger partial charge is 0.320 e. The van der Waals surface area contributed by atoms with Crippen molar-refractivity contribution in [3.63, 3.8) is 0 Å². The van der Waals surface area contributed by atoms with E-state index in [4.69, 9.17) is 0 Å². The second kappa shape index (κ2) is 5.65. The molecule has 0 unspecified atom stereocenters. The van der Waals surface area contributed by atoms with Crippen LogP contribution in [0.25, 0.3) is 10.8 Å². The number of para-hydroxylation sites is 1. The summed E-state index contributed by atoms with van der Waals surface area (Å²) >= 11 is 2.14. The van der Waals surface area contributed by atoms with Crippen molar-refractivity contribution in [3.05, 3.63) is 68.1 Å². The normalized spacial score (nSPS) is 10.5. The Hall–Kier alpha value is -2.22. The smallest absolute Gasteiger partial charge is 0.276 e. The van der Waals surface area contributed by atoms with Gasteiger partial charge in [-0.1, -0.05) is 30.3 Å². The highest BCUT2D eigenvalue weighted by Gasteiger charge is 2.14. The molecule has 0 bridgehead atoms. The molecule has 1 heterocycles. The number of aromatic amines is 1. The first kappa shape index (κ1) is 13.7. The molecule has 0 aliphatic rings. The van der Waals surface area contributed by atoms with E-state index in [0.29, 0.717) is 16.5 Å². The molecule has 0 fully saturated rings. The molecule has 2 aromatic carbocycles. The molecule has 6 heteroatoms. The Morgan fingerprint density at radius 1 is 1.05 bits per heavy atom. The molecule has 5 nitrogen and oxygen atoms in total. The monoisotopic (exact) mass is 391 g/mol. The average molecular weight is 391 g/mol. The number of anilines is 1. The van der Waals surface area contributed by atoms with Crippen molar-refractivity contribution in [3.8, 4) is 0 Å². The number of nitrogens with zero attached hydrogens (tertiary/aromatic N) is 1. The molecule has 0 saturated carbocycles. The molecule has 2 N–H and O–H groups in total. The molecule has 104 valence electrons. The Labute approximate surface area is 133 Å². The number of aromatic nitrogens is 2. The van der Waals surface area contributed by atoms with E-state index in [-0.39, 0.29) is 17.2 Å². The summed E-state index contributed by atoms with van der Waals surface area (Å²) in [5.74, 6) is -0.355. The molecule has 0 radical (unpaired) electrons. The maximum absolute atomic E-state index is 12.4. The van der Waals surface area contributed by atoms with Crippen LogP contribution >= 0.6 is 22.6 Å². The first-order valence-electron chi connectivity index (χ1n) is 6.20. The van der Waals surface area contributed by atoms with Crippen molar-refractivity contribution in [1.82, 2.24) is 10.2 Å². The lowest BCUT2D eigenvalue weighted by atomic mass is 10.1. The van der Waals surface area contributed by atoms with Gasteiger partial charge in [-0.25, -0.2) is 5.10 Å². The molecule has 3 rings (SSSR count). The topological polar surface area (TPSA) is 74.8 Å². The number of H-pyrrole nitrogens is 1. The van der Waals surface area contributed by atoms with E-state index in [1.165, 1.54) is 0 Å². The Balaban J connectivity index is 2.05. The van der Waals surface area contributed by atoms with Crippen LogP contribution in [0.4, 0.5) is 5.69 Å². The quantitative estimate of drug-likeness (QED) is 0.660. The van der Waals surface area contributed by atoms with Gasteiger partial charge in [0.1, 0.15) is 0 Å². The van der Waals surface area contributed by atoms with Crippen LogP contribution in [0.15, 0.2) is 53.3 Å². The van der Waals surface area contributed by atoms with Gasteiger partial charge in [-0.15, -0.1) is 0 Å². The minimum Gasteiger partial charge on any atom is -0.320 e. The summed E-state index contributed by atoms with van der Waals surface area (Å²) in [6.07, 6.45) is 0. The number of amides is 1. The molecule has 21 heavy (non-hydrogen) atoms. The van der Waals surface area contributed by atoms with Gasteiger partial charge in [0, 0.05) is 8.96 Å². The number of rotatable bonds is 2. The van der Waals surface area contributed by atoms with Crippen LogP contribution < -0.4 is 10.9 Å². The number of halogens is 1. The molecular weight excluding hydrogens is 381 g/mol. The lowest BCUT2D eigenvalue weighted by Gasteiger charge is -2.08. The van der Waals surface area contributed by atoms with Gasteiger partial charge in [0.2, 0.25) is 0 Å². The van der Waals surface area contributed by atoms with Crippen LogP contribution in [0.5, 0.6) is 0 Å². The van der Waals surface area contributed by atoms with E-state index in [1.54, 1.807) is 24.3 Å². The highest BCUT2D eigenvalue weighted by molar-refractivity contribution is 14.1. The van der Waals surface area contributed by atoms with E-state index in [0.717, 1.165) is 3.57 Å². The molecule has 1 aromatic heterocycles. The average Bonchev–Trinajstić information content (AvgIpc) is 2.50. The second-order valence-electron chi connectivity index (χ2n) is 4.38. The third-order valence-electron chi connectivity index (χ3n) is 3.03. The van der Waals surface area contributed by atoms with Crippen molar-refractivity contribution in [2.75, 3.05) is 5.32 Å². The Morgan fingerprint density at radius 3 is 2.48 bits per heavy atom. The fourth-order valence-electron chi connectivity index (χ4n) is 2.03. The van der Waals surface area contributed by atoms with Gasteiger partial charge in [0.25, 0.3) is 11.5 Å². The van der Waals surface area contributed by atoms with E-state index >= 15 is 0 Å². The third-order valence-corrected chi connectivity index (χ3v) is 3.97. The van der Waals surface area contributed by atoms with E-state index in [9.17, 15) is 9.59 Å². The predicted octanol–water partition coefficient (Wildman–Crippen LogP) is 2.78. The molecule has 0 aliphatic heterocycles. The summed E-state index contributed by atoms with van der Waals surface area (Å²) in [6.45, 7) is 0. The maximum Gasteiger partial charge on any atom is 0.276 e. The third kappa shape index (κ3) is 2.66. The zero-order valence-corrected chi connectivity index (χ0v) is 12.9. The summed E-state index contributed by atoms with van der Waals surface area (Å²) in [4.78, 5) is 24.1. The highest BCUT2D eigenvalue weighted by Crippen LogP contribution is 2.19. The van der Waals surface area contributed by atoms with E-state index in [1.807, 2.05) is 24.3 Å². The van der Waals surface area contributed by atoms with Crippen LogP contribution in [-0.2, 0) is 0 Å². The van der Waals surface area contributed by atoms with Gasteiger partial charge in [-0.3, -0.25) is 9.59 Å². The predicted molar refractivity (Wildman–Crippen MR) is 89.5 cm³/mol. The van der Waals surface area contributed by atoms with Crippen LogP contribution in [0.1, 0.15) is 10.5 Å².